The SMILES string of the molecule is CCC1CN(C(=O)c2cccc(C(=O)O)c2)CCN1Cc1ccccc1. The van der Waals surface area contributed by atoms with E-state index in [-0.39, 0.29) is 11.5 Å². The van der Waals surface area contributed by atoms with Crippen molar-refractivity contribution in [1.29, 1.82) is 0 Å². The highest BCUT2D eigenvalue weighted by atomic mass is 16.4. The topological polar surface area (TPSA) is 60.9 Å². The first kappa shape index (κ1) is 18.1. The molecule has 0 aromatic heterocycles. The number of aromatic carboxylic acids is 1. The summed E-state index contributed by atoms with van der Waals surface area (Å²) >= 11 is 0. The zero-order chi connectivity index (χ0) is 18.5. The zero-order valence-corrected chi connectivity index (χ0v) is 15.0. The van der Waals surface area contributed by atoms with Crippen molar-refractivity contribution >= 4 is 11.9 Å². The van der Waals surface area contributed by atoms with E-state index in [1.165, 1.54) is 17.7 Å². The number of benzene rings is 2. The lowest BCUT2D eigenvalue weighted by Crippen LogP contribution is -2.54. The van der Waals surface area contributed by atoms with Crippen LogP contribution in [0.15, 0.2) is 54.6 Å². The Kier molecular flexibility index (Phi) is 5.68. The molecule has 2 aromatic carbocycles. The van der Waals surface area contributed by atoms with Crippen LogP contribution in [-0.2, 0) is 6.54 Å². The molecule has 3 rings (SSSR count). The van der Waals surface area contributed by atoms with Gasteiger partial charge in [-0.15, -0.1) is 0 Å². The molecule has 1 N–H and O–H groups in total. The van der Waals surface area contributed by atoms with E-state index < -0.39 is 5.97 Å². The van der Waals surface area contributed by atoms with Gasteiger partial charge in [-0.05, 0) is 30.2 Å². The number of hydrogen-bond acceptors (Lipinski definition) is 3. The monoisotopic (exact) mass is 352 g/mol. The molecular weight excluding hydrogens is 328 g/mol. The highest BCUT2D eigenvalue weighted by Crippen LogP contribution is 2.19. The van der Waals surface area contributed by atoms with Gasteiger partial charge in [-0.2, -0.15) is 0 Å². The third-order valence-electron chi connectivity index (χ3n) is 4.95. The van der Waals surface area contributed by atoms with E-state index in [2.05, 4.69) is 24.0 Å². The summed E-state index contributed by atoms with van der Waals surface area (Å²) in [5.74, 6) is -1.11. The van der Waals surface area contributed by atoms with Gasteiger partial charge in [0.2, 0.25) is 0 Å². The van der Waals surface area contributed by atoms with Gasteiger partial charge in [0.1, 0.15) is 0 Å². The second kappa shape index (κ2) is 8.15. The van der Waals surface area contributed by atoms with Crippen LogP contribution in [0.3, 0.4) is 0 Å². The molecule has 1 aliphatic heterocycles. The average Bonchev–Trinajstić information content (AvgIpc) is 2.68. The van der Waals surface area contributed by atoms with E-state index in [1.54, 1.807) is 12.1 Å². The first-order chi connectivity index (χ1) is 12.6. The van der Waals surface area contributed by atoms with Gasteiger partial charge in [0.15, 0.2) is 0 Å². The zero-order valence-electron chi connectivity index (χ0n) is 15.0. The van der Waals surface area contributed by atoms with E-state index >= 15 is 0 Å². The van der Waals surface area contributed by atoms with Crippen LogP contribution >= 0.6 is 0 Å². The molecule has 0 aliphatic carbocycles. The predicted octanol–water partition coefficient (Wildman–Crippen LogP) is 3.12. The minimum absolute atomic E-state index is 0.0917. The average molecular weight is 352 g/mol. The van der Waals surface area contributed by atoms with Gasteiger partial charge in [-0.25, -0.2) is 4.79 Å². The number of amides is 1. The predicted molar refractivity (Wildman–Crippen MR) is 100 cm³/mol. The first-order valence-corrected chi connectivity index (χ1v) is 8.99. The van der Waals surface area contributed by atoms with Crippen molar-refractivity contribution < 1.29 is 14.7 Å². The van der Waals surface area contributed by atoms with Gasteiger partial charge in [0.25, 0.3) is 5.91 Å². The summed E-state index contributed by atoms with van der Waals surface area (Å²) in [4.78, 5) is 28.2. The molecule has 2 aromatic rings. The second-order valence-corrected chi connectivity index (χ2v) is 6.66. The number of piperazine rings is 1. The summed E-state index contributed by atoms with van der Waals surface area (Å²) in [6, 6.07) is 16.9. The van der Waals surface area contributed by atoms with Crippen LogP contribution in [0.2, 0.25) is 0 Å². The fraction of sp³-hybridized carbons (Fsp3) is 0.333. The molecule has 26 heavy (non-hydrogen) atoms. The van der Waals surface area contributed by atoms with Gasteiger partial charge in [-0.3, -0.25) is 9.69 Å². The maximum Gasteiger partial charge on any atom is 0.335 e. The minimum Gasteiger partial charge on any atom is -0.478 e. The lowest BCUT2D eigenvalue weighted by Gasteiger charge is -2.41. The molecular formula is C21H24N2O3. The van der Waals surface area contributed by atoms with E-state index in [1.807, 2.05) is 23.1 Å². The molecule has 1 amide bonds. The number of rotatable bonds is 5. The van der Waals surface area contributed by atoms with Crippen LogP contribution in [0.1, 0.15) is 39.6 Å². The number of carboxylic acids is 1. The molecule has 1 saturated heterocycles. The highest BCUT2D eigenvalue weighted by molar-refractivity contribution is 5.97. The Morgan fingerprint density at radius 3 is 2.46 bits per heavy atom. The molecule has 0 saturated carbocycles. The molecule has 1 atom stereocenters. The number of carboxylic acid groups (broad SMARTS) is 1. The maximum atomic E-state index is 12.8. The van der Waals surface area contributed by atoms with Crippen molar-refractivity contribution in [3.63, 3.8) is 0 Å². The maximum absolute atomic E-state index is 12.8. The lowest BCUT2D eigenvalue weighted by molar-refractivity contribution is 0.0451. The molecule has 136 valence electrons. The first-order valence-electron chi connectivity index (χ1n) is 8.99. The van der Waals surface area contributed by atoms with Crippen LogP contribution in [0, 0.1) is 0 Å². The molecule has 5 heteroatoms. The smallest absolute Gasteiger partial charge is 0.335 e. The van der Waals surface area contributed by atoms with Crippen molar-refractivity contribution in [2.24, 2.45) is 0 Å². The van der Waals surface area contributed by atoms with Crippen LogP contribution in [0.5, 0.6) is 0 Å². The number of carbonyl (C=O) groups is 2. The largest absolute Gasteiger partial charge is 0.478 e. The van der Waals surface area contributed by atoms with Gasteiger partial charge in [0.05, 0.1) is 5.56 Å². The summed E-state index contributed by atoms with van der Waals surface area (Å²) in [5.41, 5.74) is 1.86. The molecule has 1 unspecified atom stereocenters. The van der Waals surface area contributed by atoms with Crippen LogP contribution in [0.4, 0.5) is 0 Å². The number of hydrogen-bond donors (Lipinski definition) is 1. The van der Waals surface area contributed by atoms with Crippen molar-refractivity contribution in [1.82, 2.24) is 9.80 Å². The number of carbonyl (C=O) groups excluding carboxylic acids is 1. The fourth-order valence-electron chi connectivity index (χ4n) is 3.46. The second-order valence-electron chi connectivity index (χ2n) is 6.66. The van der Waals surface area contributed by atoms with Crippen LogP contribution in [0.25, 0.3) is 0 Å². The Balaban J connectivity index is 1.69. The molecule has 0 spiro atoms. The summed E-state index contributed by atoms with van der Waals surface area (Å²) in [7, 11) is 0. The third kappa shape index (κ3) is 4.11. The number of nitrogens with zero attached hydrogens (tertiary/aromatic N) is 2. The van der Waals surface area contributed by atoms with Gasteiger partial charge < -0.3 is 10.0 Å². The minimum atomic E-state index is -1.02. The lowest BCUT2D eigenvalue weighted by atomic mass is 10.1. The van der Waals surface area contributed by atoms with Crippen molar-refractivity contribution in [3.8, 4) is 0 Å². The summed E-state index contributed by atoms with van der Waals surface area (Å²) in [6.45, 7) is 5.16. The van der Waals surface area contributed by atoms with E-state index in [4.69, 9.17) is 5.11 Å². The molecule has 0 radical (unpaired) electrons. The molecule has 0 bridgehead atoms. The normalized spacial score (nSPS) is 17.9. The van der Waals surface area contributed by atoms with Gasteiger partial charge in [-0.1, -0.05) is 43.3 Å². The van der Waals surface area contributed by atoms with Crippen molar-refractivity contribution in [2.75, 3.05) is 19.6 Å². The Bertz CT molecular complexity index is 776. The van der Waals surface area contributed by atoms with Crippen molar-refractivity contribution in [2.45, 2.75) is 25.9 Å². The van der Waals surface area contributed by atoms with E-state index in [0.29, 0.717) is 24.7 Å². The van der Waals surface area contributed by atoms with Gasteiger partial charge >= 0.3 is 5.97 Å². The Labute approximate surface area is 153 Å². The third-order valence-corrected chi connectivity index (χ3v) is 4.95. The Hall–Kier alpha value is -2.66. The quantitative estimate of drug-likeness (QED) is 0.898. The Morgan fingerprint density at radius 1 is 1.04 bits per heavy atom. The summed E-state index contributed by atoms with van der Waals surface area (Å²) in [5, 5.41) is 9.12. The highest BCUT2D eigenvalue weighted by Gasteiger charge is 2.29. The van der Waals surface area contributed by atoms with E-state index in [0.717, 1.165) is 19.5 Å². The van der Waals surface area contributed by atoms with Crippen molar-refractivity contribution in [3.05, 3.63) is 71.3 Å². The fourth-order valence-corrected chi connectivity index (χ4v) is 3.46. The van der Waals surface area contributed by atoms with Crippen LogP contribution in [-0.4, -0.2) is 52.5 Å². The van der Waals surface area contributed by atoms with Gasteiger partial charge in [0, 0.05) is 37.8 Å². The summed E-state index contributed by atoms with van der Waals surface area (Å²) < 4.78 is 0. The Morgan fingerprint density at radius 2 is 1.77 bits per heavy atom. The molecule has 1 heterocycles. The summed E-state index contributed by atoms with van der Waals surface area (Å²) in [6.07, 6.45) is 0.964. The molecule has 1 fully saturated rings. The van der Waals surface area contributed by atoms with Crippen LogP contribution < -0.4 is 0 Å². The molecule has 5 nitrogen and oxygen atoms in total. The standard InChI is InChI=1S/C21H24N2O3/c1-2-19-15-23(12-11-22(19)14-16-7-4-3-5-8-16)20(24)17-9-6-10-18(13-17)21(25)26/h3-10,13,19H,2,11-12,14-15H2,1H3,(H,25,26). The molecule has 1 aliphatic rings. The van der Waals surface area contributed by atoms with E-state index in [9.17, 15) is 9.59 Å².